The number of aryl methyl sites for hydroxylation is 2. The molecule has 0 bridgehead atoms. The van der Waals surface area contributed by atoms with Crippen LogP contribution in [0, 0.1) is 0 Å². The van der Waals surface area contributed by atoms with Gasteiger partial charge in [0.25, 0.3) is 5.91 Å². The molecular weight excluding hydrogens is 412 g/mol. The fraction of sp³-hybridized carbons (Fsp3) is 0.458. The molecule has 0 unspecified atom stereocenters. The number of para-hydroxylation sites is 1. The van der Waals surface area contributed by atoms with E-state index in [4.69, 9.17) is 4.74 Å². The number of ether oxygens (including phenoxy) is 1. The predicted molar refractivity (Wildman–Crippen MR) is 123 cm³/mol. The van der Waals surface area contributed by atoms with Gasteiger partial charge in [0, 0.05) is 24.3 Å². The molecule has 0 saturated carbocycles. The highest BCUT2D eigenvalue weighted by molar-refractivity contribution is 7.89. The second kappa shape index (κ2) is 10.3. The first-order chi connectivity index (χ1) is 14.9. The van der Waals surface area contributed by atoms with Gasteiger partial charge in [-0.1, -0.05) is 44.9 Å². The topological polar surface area (TPSA) is 75.7 Å². The van der Waals surface area contributed by atoms with Crippen LogP contribution in [0.25, 0.3) is 0 Å². The third-order valence-electron chi connectivity index (χ3n) is 5.85. The summed E-state index contributed by atoms with van der Waals surface area (Å²) in [5.74, 6) is -0.0745. The molecule has 7 heteroatoms. The predicted octanol–water partition coefficient (Wildman–Crippen LogP) is 4.64. The molecule has 6 nitrogen and oxygen atoms in total. The molecule has 1 saturated heterocycles. The number of carbonyl (C=O) groups excluding carboxylic acids is 1. The molecule has 0 radical (unpaired) electrons. The monoisotopic (exact) mass is 444 g/mol. The van der Waals surface area contributed by atoms with Gasteiger partial charge in [-0.15, -0.1) is 0 Å². The number of nitrogens with one attached hydrogen (secondary N) is 1. The Labute approximate surface area is 185 Å². The summed E-state index contributed by atoms with van der Waals surface area (Å²) < 4.78 is 33.6. The van der Waals surface area contributed by atoms with E-state index in [9.17, 15) is 13.2 Å². The van der Waals surface area contributed by atoms with E-state index >= 15 is 0 Å². The quantitative estimate of drug-likeness (QED) is 0.675. The molecule has 1 aliphatic heterocycles. The molecule has 0 spiro atoms. The van der Waals surface area contributed by atoms with Crippen molar-refractivity contribution in [3.8, 4) is 5.75 Å². The maximum Gasteiger partial charge on any atom is 0.255 e. The van der Waals surface area contributed by atoms with Crippen molar-refractivity contribution >= 4 is 21.6 Å². The third kappa shape index (κ3) is 5.10. The Bertz CT molecular complexity index is 1000. The number of carbonyl (C=O) groups is 1. The van der Waals surface area contributed by atoms with Gasteiger partial charge in [0.2, 0.25) is 10.0 Å². The largest absolute Gasteiger partial charge is 0.495 e. The normalized spacial score (nSPS) is 15.3. The fourth-order valence-corrected chi connectivity index (χ4v) is 5.73. The number of sulfonamides is 1. The van der Waals surface area contributed by atoms with Crippen molar-refractivity contribution in [2.45, 2.75) is 57.3 Å². The van der Waals surface area contributed by atoms with Crippen LogP contribution in [-0.4, -0.2) is 38.8 Å². The van der Waals surface area contributed by atoms with Gasteiger partial charge in [0.15, 0.2) is 0 Å². The van der Waals surface area contributed by atoms with Gasteiger partial charge in [-0.3, -0.25) is 4.79 Å². The maximum atomic E-state index is 13.4. The zero-order valence-electron chi connectivity index (χ0n) is 18.6. The molecule has 2 aromatic carbocycles. The lowest BCUT2D eigenvalue weighted by atomic mass is 10.0. The lowest BCUT2D eigenvalue weighted by Gasteiger charge is -2.22. The molecule has 1 heterocycles. The second-order valence-corrected chi connectivity index (χ2v) is 9.70. The van der Waals surface area contributed by atoms with Crippen molar-refractivity contribution in [1.82, 2.24) is 4.31 Å². The van der Waals surface area contributed by atoms with Gasteiger partial charge in [-0.25, -0.2) is 8.42 Å². The summed E-state index contributed by atoms with van der Waals surface area (Å²) in [5, 5.41) is 3.01. The van der Waals surface area contributed by atoms with E-state index in [0.29, 0.717) is 18.7 Å². The second-order valence-electron chi connectivity index (χ2n) is 7.80. The van der Waals surface area contributed by atoms with Crippen LogP contribution in [0.15, 0.2) is 41.3 Å². The summed E-state index contributed by atoms with van der Waals surface area (Å²) >= 11 is 0. The summed E-state index contributed by atoms with van der Waals surface area (Å²) in [5.41, 5.74) is 3.21. The molecule has 1 amide bonds. The number of rotatable bonds is 7. The van der Waals surface area contributed by atoms with Crippen molar-refractivity contribution in [3.05, 3.63) is 53.1 Å². The van der Waals surface area contributed by atoms with E-state index in [0.717, 1.165) is 55.3 Å². The molecule has 2 aromatic rings. The number of benzene rings is 2. The average Bonchev–Trinajstić information content (AvgIpc) is 3.09. The van der Waals surface area contributed by atoms with Gasteiger partial charge in [-0.2, -0.15) is 4.31 Å². The highest BCUT2D eigenvalue weighted by atomic mass is 32.2. The first-order valence-electron chi connectivity index (χ1n) is 11.0. The van der Waals surface area contributed by atoms with Gasteiger partial charge in [0.1, 0.15) is 10.6 Å². The van der Waals surface area contributed by atoms with Crippen LogP contribution in [0.4, 0.5) is 5.69 Å². The maximum absolute atomic E-state index is 13.4. The zero-order valence-corrected chi connectivity index (χ0v) is 19.4. The van der Waals surface area contributed by atoms with Crippen LogP contribution in [0.3, 0.4) is 0 Å². The summed E-state index contributed by atoms with van der Waals surface area (Å²) in [6.45, 7) is 5.07. The summed E-state index contributed by atoms with van der Waals surface area (Å²) in [6, 6.07) is 10.6. The van der Waals surface area contributed by atoms with E-state index in [1.807, 2.05) is 32.0 Å². The van der Waals surface area contributed by atoms with Crippen molar-refractivity contribution in [2.24, 2.45) is 0 Å². The van der Waals surface area contributed by atoms with E-state index < -0.39 is 10.0 Å². The molecule has 0 atom stereocenters. The Morgan fingerprint density at radius 3 is 2.16 bits per heavy atom. The number of amides is 1. The van der Waals surface area contributed by atoms with Crippen LogP contribution in [0.1, 0.15) is 61.0 Å². The van der Waals surface area contributed by atoms with Gasteiger partial charge >= 0.3 is 0 Å². The molecule has 0 aliphatic carbocycles. The Morgan fingerprint density at radius 2 is 1.61 bits per heavy atom. The average molecular weight is 445 g/mol. The Hall–Kier alpha value is -2.38. The van der Waals surface area contributed by atoms with E-state index in [-0.39, 0.29) is 16.6 Å². The third-order valence-corrected chi connectivity index (χ3v) is 7.77. The summed E-state index contributed by atoms with van der Waals surface area (Å²) in [7, 11) is -2.31. The summed E-state index contributed by atoms with van der Waals surface area (Å²) in [6.07, 6.45) is 5.33. The minimum atomic E-state index is -3.75. The number of hydrogen-bond acceptors (Lipinski definition) is 4. The summed E-state index contributed by atoms with van der Waals surface area (Å²) in [4.78, 5) is 13.1. The van der Waals surface area contributed by atoms with Crippen LogP contribution < -0.4 is 10.1 Å². The van der Waals surface area contributed by atoms with Crippen LogP contribution in [0.2, 0.25) is 0 Å². The number of hydrogen-bond donors (Lipinski definition) is 1. The smallest absolute Gasteiger partial charge is 0.255 e. The first kappa shape index (κ1) is 23.3. The van der Waals surface area contributed by atoms with Gasteiger partial charge in [-0.05, 0) is 55.0 Å². The zero-order chi connectivity index (χ0) is 22.4. The van der Waals surface area contributed by atoms with Crippen molar-refractivity contribution in [3.63, 3.8) is 0 Å². The van der Waals surface area contributed by atoms with Crippen molar-refractivity contribution < 1.29 is 17.9 Å². The molecule has 168 valence electrons. The lowest BCUT2D eigenvalue weighted by Crippen LogP contribution is -2.32. The number of nitrogens with zero attached hydrogens (tertiary/aromatic N) is 1. The fourth-order valence-electron chi connectivity index (χ4n) is 4.03. The van der Waals surface area contributed by atoms with E-state index in [1.165, 1.54) is 17.5 Å². The highest BCUT2D eigenvalue weighted by Crippen LogP contribution is 2.30. The Morgan fingerprint density at radius 1 is 1.00 bits per heavy atom. The molecule has 31 heavy (non-hydrogen) atoms. The Kier molecular flexibility index (Phi) is 7.73. The minimum Gasteiger partial charge on any atom is -0.495 e. The van der Waals surface area contributed by atoms with Crippen LogP contribution in [-0.2, 0) is 22.9 Å². The van der Waals surface area contributed by atoms with Crippen LogP contribution >= 0.6 is 0 Å². The molecular formula is C24H32N2O4S. The molecule has 1 N–H and O–H groups in total. The standard InChI is InChI=1S/C24H32N2O4S/c1-4-18-11-10-12-19(5-2)23(18)25-24(27)20-13-14-21(30-3)22(17-20)31(28,29)26-15-8-6-7-9-16-26/h10-14,17H,4-9,15-16H2,1-3H3,(H,25,27). The molecule has 3 rings (SSSR count). The van der Waals surface area contributed by atoms with Gasteiger partial charge in [0.05, 0.1) is 7.11 Å². The minimum absolute atomic E-state index is 0.0454. The highest BCUT2D eigenvalue weighted by Gasteiger charge is 2.29. The van der Waals surface area contributed by atoms with Gasteiger partial charge < -0.3 is 10.1 Å². The lowest BCUT2D eigenvalue weighted by molar-refractivity contribution is 0.102. The Balaban J connectivity index is 1.96. The molecule has 0 aromatic heterocycles. The van der Waals surface area contributed by atoms with Crippen molar-refractivity contribution in [2.75, 3.05) is 25.5 Å². The van der Waals surface area contributed by atoms with Crippen LogP contribution in [0.5, 0.6) is 5.75 Å². The first-order valence-corrected chi connectivity index (χ1v) is 12.5. The van der Waals surface area contributed by atoms with Crippen molar-refractivity contribution in [1.29, 1.82) is 0 Å². The number of anilines is 1. The van der Waals surface area contributed by atoms with E-state index in [1.54, 1.807) is 12.1 Å². The molecule has 1 fully saturated rings. The SMILES string of the molecule is CCc1cccc(CC)c1NC(=O)c1ccc(OC)c(S(=O)(=O)N2CCCCCC2)c1. The number of methoxy groups -OCH3 is 1. The van der Waals surface area contributed by atoms with E-state index in [2.05, 4.69) is 5.32 Å². The molecule has 1 aliphatic rings.